The minimum absolute atomic E-state index is 0.206. The topological polar surface area (TPSA) is 41.3 Å². The highest BCUT2D eigenvalue weighted by molar-refractivity contribution is 5.01. The zero-order valence-electron chi connectivity index (χ0n) is 6.97. The zero-order valence-corrected chi connectivity index (χ0v) is 6.97. The molecular formula is C8H17N3. The molecule has 1 saturated heterocycles. The molecule has 3 nitrogen and oxygen atoms in total. The average Bonchev–Trinajstić information content (AvgIpc) is 2.70. The molecule has 2 fully saturated rings. The summed E-state index contributed by atoms with van der Waals surface area (Å²) in [6, 6.07) is 0. The summed E-state index contributed by atoms with van der Waals surface area (Å²) in [6.07, 6.45) is 2.47. The first-order valence-electron chi connectivity index (χ1n) is 4.51. The fraction of sp³-hybridized carbons (Fsp3) is 1.00. The Morgan fingerprint density at radius 3 is 2.45 bits per heavy atom. The fourth-order valence-corrected chi connectivity index (χ4v) is 1.63. The molecule has 0 bridgehead atoms. The minimum Gasteiger partial charge on any atom is -0.324 e. The predicted octanol–water partition coefficient (Wildman–Crippen LogP) is -0.617. The van der Waals surface area contributed by atoms with Gasteiger partial charge in [-0.25, -0.2) is 0 Å². The molecule has 3 heteroatoms. The third-order valence-corrected chi connectivity index (χ3v) is 2.64. The third kappa shape index (κ3) is 1.92. The van der Waals surface area contributed by atoms with Crippen LogP contribution in [0.5, 0.6) is 0 Å². The van der Waals surface area contributed by atoms with Crippen molar-refractivity contribution >= 4 is 0 Å². The van der Waals surface area contributed by atoms with E-state index in [1.807, 2.05) is 0 Å². The van der Waals surface area contributed by atoms with Crippen LogP contribution in [0.2, 0.25) is 0 Å². The van der Waals surface area contributed by atoms with Crippen LogP contribution in [-0.4, -0.2) is 43.2 Å². The smallest absolute Gasteiger partial charge is 0.0284 e. The highest BCUT2D eigenvalue weighted by atomic mass is 15.2. The van der Waals surface area contributed by atoms with Gasteiger partial charge in [-0.3, -0.25) is 4.90 Å². The van der Waals surface area contributed by atoms with Gasteiger partial charge in [-0.2, -0.15) is 0 Å². The second-order valence-corrected chi connectivity index (χ2v) is 3.89. The van der Waals surface area contributed by atoms with Crippen LogP contribution in [0.25, 0.3) is 0 Å². The van der Waals surface area contributed by atoms with E-state index in [-0.39, 0.29) is 5.54 Å². The van der Waals surface area contributed by atoms with Gasteiger partial charge in [0.25, 0.3) is 0 Å². The first-order chi connectivity index (χ1) is 5.29. The number of nitrogens with two attached hydrogens (primary N) is 1. The van der Waals surface area contributed by atoms with Gasteiger partial charge in [-0.1, -0.05) is 0 Å². The monoisotopic (exact) mass is 155 g/mol. The molecule has 11 heavy (non-hydrogen) atoms. The molecule has 0 unspecified atom stereocenters. The Labute approximate surface area is 67.9 Å². The molecule has 0 atom stereocenters. The Morgan fingerprint density at radius 2 is 1.91 bits per heavy atom. The maximum atomic E-state index is 6.02. The summed E-state index contributed by atoms with van der Waals surface area (Å²) < 4.78 is 0. The van der Waals surface area contributed by atoms with Crippen molar-refractivity contribution in [1.82, 2.24) is 10.2 Å². The van der Waals surface area contributed by atoms with E-state index in [4.69, 9.17) is 5.73 Å². The van der Waals surface area contributed by atoms with E-state index in [9.17, 15) is 0 Å². The molecule has 1 heterocycles. The van der Waals surface area contributed by atoms with Crippen LogP contribution in [0.3, 0.4) is 0 Å². The van der Waals surface area contributed by atoms with E-state index in [1.165, 1.54) is 25.9 Å². The summed E-state index contributed by atoms with van der Waals surface area (Å²) in [7, 11) is 0. The van der Waals surface area contributed by atoms with Crippen LogP contribution in [-0.2, 0) is 0 Å². The maximum absolute atomic E-state index is 6.02. The van der Waals surface area contributed by atoms with Crippen molar-refractivity contribution in [3.8, 4) is 0 Å². The van der Waals surface area contributed by atoms with Crippen LogP contribution in [0.15, 0.2) is 0 Å². The number of piperazine rings is 1. The first-order valence-corrected chi connectivity index (χ1v) is 4.51. The largest absolute Gasteiger partial charge is 0.324 e. The van der Waals surface area contributed by atoms with Gasteiger partial charge in [0.05, 0.1) is 0 Å². The predicted molar refractivity (Wildman–Crippen MR) is 45.5 cm³/mol. The van der Waals surface area contributed by atoms with Crippen molar-refractivity contribution in [3.63, 3.8) is 0 Å². The van der Waals surface area contributed by atoms with Gasteiger partial charge in [-0.05, 0) is 12.8 Å². The van der Waals surface area contributed by atoms with Crippen molar-refractivity contribution < 1.29 is 0 Å². The third-order valence-electron chi connectivity index (χ3n) is 2.64. The molecule has 2 aliphatic rings. The van der Waals surface area contributed by atoms with E-state index in [0.717, 1.165) is 19.6 Å². The molecule has 1 saturated carbocycles. The fourth-order valence-electron chi connectivity index (χ4n) is 1.63. The Kier molecular flexibility index (Phi) is 1.87. The highest BCUT2D eigenvalue weighted by Gasteiger charge is 2.39. The van der Waals surface area contributed by atoms with Crippen molar-refractivity contribution in [1.29, 1.82) is 0 Å². The average molecular weight is 155 g/mol. The normalized spacial score (nSPS) is 30.3. The first kappa shape index (κ1) is 7.53. The molecule has 1 aliphatic heterocycles. The molecule has 64 valence electrons. The number of hydrogen-bond acceptors (Lipinski definition) is 3. The summed E-state index contributed by atoms with van der Waals surface area (Å²) in [4.78, 5) is 2.48. The zero-order chi connectivity index (χ0) is 7.73. The molecule has 0 aromatic rings. The van der Waals surface area contributed by atoms with E-state index < -0.39 is 0 Å². The van der Waals surface area contributed by atoms with Gasteiger partial charge in [0.2, 0.25) is 0 Å². The second kappa shape index (κ2) is 2.73. The lowest BCUT2D eigenvalue weighted by Crippen LogP contribution is -2.48. The van der Waals surface area contributed by atoms with Gasteiger partial charge in [0.1, 0.15) is 0 Å². The standard InChI is InChI=1S/C8H17N3/c9-8(1-2-8)7-11-5-3-10-4-6-11/h10H,1-7,9H2. The lowest BCUT2D eigenvalue weighted by Gasteiger charge is -2.29. The number of rotatable bonds is 2. The van der Waals surface area contributed by atoms with E-state index in [1.54, 1.807) is 0 Å². The molecular weight excluding hydrogens is 138 g/mol. The number of hydrogen-bond donors (Lipinski definition) is 2. The minimum atomic E-state index is 0.206. The second-order valence-electron chi connectivity index (χ2n) is 3.89. The van der Waals surface area contributed by atoms with E-state index in [2.05, 4.69) is 10.2 Å². The van der Waals surface area contributed by atoms with Gasteiger partial charge in [0.15, 0.2) is 0 Å². The number of nitrogens with zero attached hydrogens (tertiary/aromatic N) is 1. The van der Waals surface area contributed by atoms with Crippen LogP contribution in [0.1, 0.15) is 12.8 Å². The lowest BCUT2D eigenvalue weighted by molar-refractivity contribution is 0.222. The van der Waals surface area contributed by atoms with Gasteiger partial charge in [-0.15, -0.1) is 0 Å². The summed E-state index contributed by atoms with van der Waals surface area (Å²) in [5, 5.41) is 3.34. The molecule has 0 radical (unpaired) electrons. The molecule has 0 amide bonds. The van der Waals surface area contributed by atoms with Crippen molar-refractivity contribution in [2.24, 2.45) is 5.73 Å². The molecule has 0 aromatic heterocycles. The van der Waals surface area contributed by atoms with Crippen LogP contribution in [0.4, 0.5) is 0 Å². The maximum Gasteiger partial charge on any atom is 0.0284 e. The molecule has 0 spiro atoms. The van der Waals surface area contributed by atoms with Gasteiger partial charge >= 0.3 is 0 Å². The summed E-state index contributed by atoms with van der Waals surface area (Å²) in [5.41, 5.74) is 6.22. The highest BCUT2D eigenvalue weighted by Crippen LogP contribution is 2.32. The van der Waals surface area contributed by atoms with Crippen LogP contribution >= 0.6 is 0 Å². The van der Waals surface area contributed by atoms with Gasteiger partial charge < -0.3 is 11.1 Å². The molecule has 2 rings (SSSR count). The van der Waals surface area contributed by atoms with Crippen molar-refractivity contribution in [3.05, 3.63) is 0 Å². The quantitative estimate of drug-likeness (QED) is 0.558. The van der Waals surface area contributed by atoms with Crippen LogP contribution in [0, 0.1) is 0 Å². The lowest BCUT2D eigenvalue weighted by atomic mass is 10.2. The van der Waals surface area contributed by atoms with Gasteiger partial charge in [0, 0.05) is 38.3 Å². The SMILES string of the molecule is NC1(CN2CCNCC2)CC1. The van der Waals surface area contributed by atoms with Crippen molar-refractivity contribution in [2.75, 3.05) is 32.7 Å². The summed E-state index contributed by atoms with van der Waals surface area (Å²) >= 11 is 0. The van der Waals surface area contributed by atoms with E-state index in [0.29, 0.717) is 0 Å². The molecule has 3 N–H and O–H groups in total. The van der Waals surface area contributed by atoms with E-state index >= 15 is 0 Å². The molecule has 1 aliphatic carbocycles. The Morgan fingerprint density at radius 1 is 1.27 bits per heavy atom. The Hall–Kier alpha value is -0.120. The Bertz CT molecular complexity index is 136. The molecule has 0 aromatic carbocycles. The van der Waals surface area contributed by atoms with Crippen molar-refractivity contribution in [2.45, 2.75) is 18.4 Å². The summed E-state index contributed by atoms with van der Waals surface area (Å²) in [6.45, 7) is 5.75. The number of nitrogens with one attached hydrogen (secondary N) is 1. The van der Waals surface area contributed by atoms with Crippen LogP contribution < -0.4 is 11.1 Å². The summed E-state index contributed by atoms with van der Waals surface area (Å²) in [5.74, 6) is 0. The Balaban J connectivity index is 1.76.